The largest absolute Gasteiger partial charge is 0.463 e. The zero-order chi connectivity index (χ0) is 25.2. The summed E-state index contributed by atoms with van der Waals surface area (Å²) in [7, 11) is 0. The molecule has 0 unspecified atom stereocenters. The average Bonchev–Trinajstić information content (AvgIpc) is 3.63. The topological polar surface area (TPSA) is 71.0 Å². The minimum atomic E-state index is -0.455. The fourth-order valence-electron chi connectivity index (χ4n) is 4.64. The number of aryl methyl sites for hydroxylation is 2. The van der Waals surface area contributed by atoms with Crippen molar-refractivity contribution >= 4 is 34.5 Å². The first-order valence-corrected chi connectivity index (χ1v) is 13.4. The molecular weight excluding hydrogens is 470 g/mol. The molecule has 0 spiro atoms. The van der Waals surface area contributed by atoms with Crippen LogP contribution in [0.3, 0.4) is 0 Å². The molecule has 5 rings (SSSR count). The first-order chi connectivity index (χ1) is 17.5. The van der Waals surface area contributed by atoms with Gasteiger partial charge in [-0.2, -0.15) is 0 Å². The number of carbonyl (C=O) groups is 2. The van der Waals surface area contributed by atoms with Crippen molar-refractivity contribution in [3.8, 4) is 0 Å². The number of hydrogen-bond acceptors (Lipinski definition) is 6. The molecule has 0 saturated heterocycles. The minimum Gasteiger partial charge on any atom is -0.463 e. The Bertz CT molecular complexity index is 1280. The summed E-state index contributed by atoms with van der Waals surface area (Å²) in [4.78, 5) is 33.5. The molecule has 1 N–H and O–H groups in total. The maximum Gasteiger partial charge on any atom is 0.338 e. The molecule has 2 heterocycles. The summed E-state index contributed by atoms with van der Waals surface area (Å²) in [6, 6.07) is 15.6. The number of nitrogens with one attached hydrogen (secondary N) is 1. The highest BCUT2D eigenvalue weighted by atomic mass is 32.2. The highest BCUT2D eigenvalue weighted by Gasteiger charge is 2.43. The molecule has 36 heavy (non-hydrogen) atoms. The van der Waals surface area contributed by atoms with Crippen LogP contribution in [0.15, 0.2) is 70.2 Å². The van der Waals surface area contributed by atoms with E-state index in [2.05, 4.69) is 35.3 Å². The summed E-state index contributed by atoms with van der Waals surface area (Å²) < 4.78 is 5.59. The van der Waals surface area contributed by atoms with Crippen molar-refractivity contribution in [1.82, 2.24) is 10.2 Å². The lowest BCUT2D eigenvalue weighted by atomic mass is 9.88. The molecule has 186 valence electrons. The van der Waals surface area contributed by atoms with Crippen molar-refractivity contribution in [3.63, 3.8) is 0 Å². The van der Waals surface area contributed by atoms with Gasteiger partial charge in [-0.25, -0.2) is 9.79 Å². The summed E-state index contributed by atoms with van der Waals surface area (Å²) in [6.07, 6.45) is 2.61. The molecular formula is C29H31N3O3S. The van der Waals surface area contributed by atoms with Crippen LogP contribution in [0, 0.1) is 19.8 Å². The van der Waals surface area contributed by atoms with Gasteiger partial charge in [0.2, 0.25) is 5.91 Å². The van der Waals surface area contributed by atoms with Crippen molar-refractivity contribution in [1.29, 1.82) is 0 Å². The molecule has 2 aromatic carbocycles. The molecule has 1 fully saturated rings. The van der Waals surface area contributed by atoms with E-state index in [1.807, 2.05) is 49.6 Å². The van der Waals surface area contributed by atoms with Gasteiger partial charge < -0.3 is 15.0 Å². The van der Waals surface area contributed by atoms with Gasteiger partial charge in [0.25, 0.3) is 0 Å². The molecule has 3 aliphatic rings. The third kappa shape index (κ3) is 4.98. The Morgan fingerprint density at radius 1 is 1.14 bits per heavy atom. The van der Waals surface area contributed by atoms with Crippen LogP contribution in [0.2, 0.25) is 0 Å². The predicted octanol–water partition coefficient (Wildman–Crippen LogP) is 5.50. The van der Waals surface area contributed by atoms with E-state index in [0.717, 1.165) is 39.7 Å². The number of hydrogen-bond donors (Lipinski definition) is 1. The molecule has 0 aromatic heterocycles. The number of nitrogens with zero attached hydrogens (tertiary/aromatic N) is 2. The SMILES string of the molecule is CCOC(=O)C1=C(c2ccccc2)N=C2SC=C(CC(=O)NCC3CC3)N2[C@@H]1c1cc(C)ccc1C. The van der Waals surface area contributed by atoms with Crippen molar-refractivity contribution < 1.29 is 14.3 Å². The lowest BCUT2D eigenvalue weighted by Gasteiger charge is -2.37. The summed E-state index contributed by atoms with van der Waals surface area (Å²) >= 11 is 1.49. The number of ether oxygens (including phenoxy) is 1. The van der Waals surface area contributed by atoms with Crippen LogP contribution in [0.25, 0.3) is 5.70 Å². The Balaban J connectivity index is 1.62. The number of fused-ring (bicyclic) bond motifs is 1. The van der Waals surface area contributed by atoms with E-state index < -0.39 is 6.04 Å². The second kappa shape index (κ2) is 10.3. The van der Waals surface area contributed by atoms with Gasteiger partial charge in [-0.15, -0.1) is 0 Å². The Hall–Kier alpha value is -3.32. The normalized spacial score (nSPS) is 19.0. The molecule has 6 nitrogen and oxygen atoms in total. The van der Waals surface area contributed by atoms with Crippen LogP contribution in [0.4, 0.5) is 0 Å². The van der Waals surface area contributed by atoms with Gasteiger partial charge in [-0.05, 0) is 56.1 Å². The summed E-state index contributed by atoms with van der Waals surface area (Å²) in [6.45, 7) is 6.91. The maximum atomic E-state index is 13.6. The monoisotopic (exact) mass is 501 g/mol. The van der Waals surface area contributed by atoms with E-state index in [0.29, 0.717) is 17.2 Å². The van der Waals surface area contributed by atoms with Gasteiger partial charge in [0, 0.05) is 17.8 Å². The number of benzene rings is 2. The lowest BCUT2D eigenvalue weighted by Crippen LogP contribution is -2.38. The summed E-state index contributed by atoms with van der Waals surface area (Å²) in [5, 5.41) is 5.82. The van der Waals surface area contributed by atoms with Crippen LogP contribution < -0.4 is 5.32 Å². The Kier molecular flexibility index (Phi) is 7.01. The summed E-state index contributed by atoms with van der Waals surface area (Å²) in [5.41, 5.74) is 5.98. The minimum absolute atomic E-state index is 0.00904. The van der Waals surface area contributed by atoms with E-state index in [9.17, 15) is 9.59 Å². The van der Waals surface area contributed by atoms with Crippen molar-refractivity contribution in [2.45, 2.75) is 46.1 Å². The second-order valence-corrected chi connectivity index (χ2v) is 10.4. The molecule has 1 aliphatic carbocycles. The molecule has 0 radical (unpaired) electrons. The maximum absolute atomic E-state index is 13.6. The van der Waals surface area contributed by atoms with Crippen molar-refractivity contribution in [2.75, 3.05) is 13.2 Å². The third-order valence-corrected chi connectivity index (χ3v) is 7.60. The molecule has 1 amide bonds. The first-order valence-electron chi connectivity index (χ1n) is 12.5. The quantitative estimate of drug-likeness (QED) is 0.484. The zero-order valence-corrected chi connectivity index (χ0v) is 21.7. The Morgan fingerprint density at radius 2 is 1.92 bits per heavy atom. The molecule has 7 heteroatoms. The summed E-state index contributed by atoms with van der Waals surface area (Å²) in [5.74, 6) is 0.215. The second-order valence-electron chi connectivity index (χ2n) is 9.53. The fourth-order valence-corrected chi connectivity index (χ4v) is 5.56. The van der Waals surface area contributed by atoms with E-state index in [-0.39, 0.29) is 24.9 Å². The number of amidine groups is 1. The number of amides is 1. The van der Waals surface area contributed by atoms with Gasteiger partial charge in [0.15, 0.2) is 5.17 Å². The smallest absolute Gasteiger partial charge is 0.338 e. The van der Waals surface area contributed by atoms with Gasteiger partial charge in [-0.1, -0.05) is 65.9 Å². The van der Waals surface area contributed by atoms with Gasteiger partial charge >= 0.3 is 5.97 Å². The fraction of sp³-hybridized carbons (Fsp3) is 0.345. The highest BCUT2D eigenvalue weighted by molar-refractivity contribution is 8.16. The van der Waals surface area contributed by atoms with Crippen molar-refractivity contribution in [2.24, 2.45) is 10.9 Å². The molecule has 1 atom stereocenters. The van der Waals surface area contributed by atoms with E-state index in [4.69, 9.17) is 9.73 Å². The number of rotatable bonds is 8. The number of esters is 1. The zero-order valence-electron chi connectivity index (χ0n) is 20.9. The van der Waals surface area contributed by atoms with Gasteiger partial charge in [0.1, 0.15) is 0 Å². The Labute approximate surface area is 216 Å². The Morgan fingerprint density at radius 3 is 2.64 bits per heavy atom. The van der Waals surface area contributed by atoms with Crippen LogP contribution in [0.5, 0.6) is 0 Å². The highest BCUT2D eigenvalue weighted by Crippen LogP contribution is 2.47. The standard InChI is InChI=1S/C29H31N3O3S/c1-4-35-28(34)25-26(21-8-6-5-7-9-21)31-29-32(27(25)23-14-18(2)10-11-19(23)3)22(17-36-29)15-24(33)30-16-20-12-13-20/h5-11,14,17,20,27H,4,12-13,15-16H2,1-3H3,(H,30,33)/t27-/m1/s1. The van der Waals surface area contributed by atoms with Gasteiger partial charge in [0.05, 0.1) is 30.3 Å². The molecule has 1 saturated carbocycles. The average molecular weight is 502 g/mol. The predicted molar refractivity (Wildman–Crippen MR) is 144 cm³/mol. The van der Waals surface area contributed by atoms with Crippen LogP contribution in [0.1, 0.15) is 54.5 Å². The first kappa shape index (κ1) is 24.4. The molecule has 2 aromatic rings. The van der Waals surface area contributed by atoms with E-state index >= 15 is 0 Å². The molecule has 0 bridgehead atoms. The number of carbonyl (C=O) groups excluding carboxylic acids is 2. The van der Waals surface area contributed by atoms with Crippen LogP contribution in [-0.2, 0) is 14.3 Å². The van der Waals surface area contributed by atoms with E-state index in [1.165, 1.54) is 24.6 Å². The van der Waals surface area contributed by atoms with Gasteiger partial charge in [-0.3, -0.25) is 4.79 Å². The van der Waals surface area contributed by atoms with Crippen LogP contribution in [-0.4, -0.2) is 35.1 Å². The third-order valence-electron chi connectivity index (χ3n) is 6.71. The lowest BCUT2D eigenvalue weighted by molar-refractivity contribution is -0.139. The van der Waals surface area contributed by atoms with E-state index in [1.54, 1.807) is 0 Å². The number of aliphatic imine (C=N–C) groups is 1. The molecule has 2 aliphatic heterocycles. The van der Waals surface area contributed by atoms with Crippen molar-refractivity contribution in [3.05, 3.63) is 87.5 Å². The van der Waals surface area contributed by atoms with Crippen LogP contribution >= 0.6 is 11.8 Å². The number of thioether (sulfide) groups is 1.